The molecule has 0 atom stereocenters. The minimum atomic E-state index is -3.90. The second-order valence-electron chi connectivity index (χ2n) is 9.29. The van der Waals surface area contributed by atoms with E-state index in [1.807, 2.05) is 6.92 Å². The highest BCUT2D eigenvalue weighted by atomic mass is 32.2. The fraction of sp³-hybridized carbons (Fsp3) is 0.500. The molecule has 11 nitrogen and oxygen atoms in total. The van der Waals surface area contributed by atoms with E-state index in [0.29, 0.717) is 62.7 Å². The standard InChI is InChI=1S/C26H36N4O7S/c1-4-6-22-21(16-32)17(3)24(25(27)33)30(22)28-26(34)20-15-19(7-8-23(20)37-5-2)38(35,36)29-12-9-18(10-13-29)11-14-31/h7-8,15-16,18,31H,4-6,9-14H2,1-3H3,(H2,27,33)(H,28,34). The first-order chi connectivity index (χ1) is 18.1. The number of rotatable bonds is 12. The van der Waals surface area contributed by atoms with Crippen molar-refractivity contribution < 1.29 is 32.6 Å². The van der Waals surface area contributed by atoms with E-state index in [1.165, 1.54) is 27.2 Å². The van der Waals surface area contributed by atoms with Crippen LogP contribution in [0, 0.1) is 12.8 Å². The summed E-state index contributed by atoms with van der Waals surface area (Å²) in [5, 5.41) is 9.18. The summed E-state index contributed by atoms with van der Waals surface area (Å²) in [5.41, 5.74) is 9.19. The van der Waals surface area contributed by atoms with Crippen LogP contribution in [0.5, 0.6) is 5.75 Å². The summed E-state index contributed by atoms with van der Waals surface area (Å²) < 4.78 is 35.1. The van der Waals surface area contributed by atoms with Crippen LogP contribution in [0.15, 0.2) is 23.1 Å². The van der Waals surface area contributed by atoms with Gasteiger partial charge in [0.2, 0.25) is 10.0 Å². The molecule has 2 aromatic rings. The maximum absolute atomic E-state index is 13.5. The summed E-state index contributed by atoms with van der Waals surface area (Å²) in [5.74, 6) is -1.10. The van der Waals surface area contributed by atoms with Gasteiger partial charge in [0.1, 0.15) is 11.4 Å². The van der Waals surface area contributed by atoms with Gasteiger partial charge in [-0.3, -0.25) is 24.5 Å². The van der Waals surface area contributed by atoms with E-state index >= 15 is 0 Å². The first-order valence-electron chi connectivity index (χ1n) is 12.8. The molecule has 0 unspecified atom stereocenters. The number of aromatic nitrogens is 1. The van der Waals surface area contributed by atoms with Gasteiger partial charge < -0.3 is 15.6 Å². The number of hydrogen-bond acceptors (Lipinski definition) is 7. The lowest BCUT2D eigenvalue weighted by Gasteiger charge is -2.31. The smallest absolute Gasteiger partial charge is 0.273 e. The van der Waals surface area contributed by atoms with Crippen molar-refractivity contribution >= 4 is 28.1 Å². The zero-order chi connectivity index (χ0) is 28.0. The number of primary amides is 1. The number of aliphatic hydroxyl groups excluding tert-OH is 1. The molecule has 3 rings (SSSR count). The maximum atomic E-state index is 13.5. The molecule has 0 spiro atoms. The number of hydrogen-bond donors (Lipinski definition) is 3. The number of aldehydes is 1. The number of nitrogens with zero attached hydrogens (tertiary/aromatic N) is 2. The lowest BCUT2D eigenvalue weighted by atomic mass is 9.95. The molecule has 0 bridgehead atoms. The molecule has 0 saturated carbocycles. The van der Waals surface area contributed by atoms with E-state index in [1.54, 1.807) is 13.8 Å². The quantitative estimate of drug-likeness (QED) is 0.343. The number of carbonyl (C=O) groups is 3. The molecule has 1 aromatic heterocycles. The van der Waals surface area contributed by atoms with Crippen molar-refractivity contribution in [3.63, 3.8) is 0 Å². The second-order valence-corrected chi connectivity index (χ2v) is 11.2. The molecule has 12 heteroatoms. The lowest BCUT2D eigenvalue weighted by molar-refractivity contribution is 0.0985. The number of ether oxygens (including phenoxy) is 1. The van der Waals surface area contributed by atoms with Crippen molar-refractivity contribution in [3.05, 3.63) is 46.3 Å². The Labute approximate surface area is 223 Å². The summed E-state index contributed by atoms with van der Waals surface area (Å²) >= 11 is 0. The summed E-state index contributed by atoms with van der Waals surface area (Å²) in [6.45, 7) is 6.15. The molecule has 38 heavy (non-hydrogen) atoms. The topological polar surface area (TPSA) is 161 Å². The highest BCUT2D eigenvalue weighted by molar-refractivity contribution is 7.89. The summed E-state index contributed by atoms with van der Waals surface area (Å²) in [6.07, 6.45) is 3.57. The van der Waals surface area contributed by atoms with Gasteiger partial charge in [-0.1, -0.05) is 13.3 Å². The van der Waals surface area contributed by atoms with Crippen LogP contribution >= 0.6 is 0 Å². The molecule has 1 fully saturated rings. The Morgan fingerprint density at radius 1 is 1.24 bits per heavy atom. The van der Waals surface area contributed by atoms with Crippen molar-refractivity contribution in [1.29, 1.82) is 0 Å². The van der Waals surface area contributed by atoms with Gasteiger partial charge in [0.15, 0.2) is 6.29 Å². The van der Waals surface area contributed by atoms with Crippen LogP contribution in [0.1, 0.15) is 82.0 Å². The van der Waals surface area contributed by atoms with Crippen LogP contribution in [0.2, 0.25) is 0 Å². The Morgan fingerprint density at radius 3 is 2.47 bits per heavy atom. The van der Waals surface area contributed by atoms with Gasteiger partial charge in [-0.05, 0) is 69.2 Å². The molecule has 1 saturated heterocycles. The molecule has 1 aliphatic rings. The van der Waals surface area contributed by atoms with E-state index in [2.05, 4.69) is 5.43 Å². The number of sulfonamides is 1. The molecule has 0 aliphatic carbocycles. The molecule has 2 heterocycles. The van der Waals surface area contributed by atoms with Gasteiger partial charge in [-0.2, -0.15) is 4.31 Å². The predicted molar refractivity (Wildman–Crippen MR) is 142 cm³/mol. The third kappa shape index (κ3) is 5.92. The SMILES string of the molecule is CCCc1c(C=O)c(C)c(C(N)=O)n1NC(=O)c1cc(S(=O)(=O)N2CCC(CCO)CC2)ccc1OCC. The van der Waals surface area contributed by atoms with Gasteiger partial charge in [0, 0.05) is 25.3 Å². The molecular formula is C26H36N4O7S. The number of amides is 2. The number of aliphatic hydroxyl groups is 1. The number of piperidine rings is 1. The van der Waals surface area contributed by atoms with E-state index in [4.69, 9.17) is 10.5 Å². The minimum absolute atomic E-state index is 0.0311. The van der Waals surface area contributed by atoms with E-state index < -0.39 is 21.8 Å². The fourth-order valence-electron chi connectivity index (χ4n) is 4.89. The number of nitrogens with one attached hydrogen (secondary N) is 1. The molecule has 4 N–H and O–H groups in total. The van der Waals surface area contributed by atoms with E-state index in [0.717, 1.165) is 0 Å². The van der Waals surface area contributed by atoms with Crippen LogP contribution in [0.4, 0.5) is 0 Å². The molecule has 208 valence electrons. The highest BCUT2D eigenvalue weighted by Gasteiger charge is 2.31. The van der Waals surface area contributed by atoms with E-state index in [9.17, 15) is 27.9 Å². The largest absolute Gasteiger partial charge is 0.493 e. The van der Waals surface area contributed by atoms with Gasteiger partial charge in [0.25, 0.3) is 11.8 Å². The van der Waals surface area contributed by atoms with Gasteiger partial charge in [0.05, 0.1) is 22.8 Å². The zero-order valence-corrected chi connectivity index (χ0v) is 22.8. The Bertz CT molecular complexity index is 1300. The first kappa shape index (κ1) is 29.3. The number of nitrogens with two attached hydrogens (primary N) is 1. The van der Waals surface area contributed by atoms with Gasteiger partial charge in [-0.15, -0.1) is 0 Å². The number of carbonyl (C=O) groups excluding carboxylic acids is 3. The molecule has 1 aliphatic heterocycles. The molecular weight excluding hydrogens is 512 g/mol. The third-order valence-electron chi connectivity index (χ3n) is 6.86. The summed E-state index contributed by atoms with van der Waals surface area (Å²) in [6, 6.07) is 4.10. The average Bonchev–Trinajstić information content (AvgIpc) is 3.15. The monoisotopic (exact) mass is 548 g/mol. The Hall–Kier alpha value is -3.22. The highest BCUT2D eigenvalue weighted by Crippen LogP contribution is 2.29. The average molecular weight is 549 g/mol. The van der Waals surface area contributed by atoms with Crippen molar-refractivity contribution in [2.24, 2.45) is 11.7 Å². The minimum Gasteiger partial charge on any atom is -0.493 e. The zero-order valence-electron chi connectivity index (χ0n) is 22.0. The predicted octanol–water partition coefficient (Wildman–Crippen LogP) is 2.23. The second kappa shape index (κ2) is 12.5. The van der Waals surface area contributed by atoms with E-state index in [-0.39, 0.29) is 46.6 Å². The lowest BCUT2D eigenvalue weighted by Crippen LogP contribution is -2.38. The Balaban J connectivity index is 2.01. The van der Waals surface area contributed by atoms with Crippen molar-refractivity contribution in [1.82, 2.24) is 8.98 Å². The van der Waals surface area contributed by atoms with Crippen molar-refractivity contribution in [2.45, 2.75) is 57.8 Å². The van der Waals surface area contributed by atoms with Gasteiger partial charge in [-0.25, -0.2) is 8.42 Å². The summed E-state index contributed by atoms with van der Waals surface area (Å²) in [4.78, 5) is 37.5. The molecule has 1 aromatic carbocycles. The van der Waals surface area contributed by atoms with Crippen LogP contribution in [0.25, 0.3) is 0 Å². The Kier molecular flexibility index (Phi) is 9.69. The Morgan fingerprint density at radius 2 is 1.92 bits per heavy atom. The van der Waals surface area contributed by atoms with Crippen molar-refractivity contribution in [2.75, 3.05) is 31.7 Å². The van der Waals surface area contributed by atoms with Crippen LogP contribution in [0.3, 0.4) is 0 Å². The van der Waals surface area contributed by atoms with Crippen LogP contribution in [-0.4, -0.2) is 66.9 Å². The molecule has 0 radical (unpaired) electrons. The van der Waals surface area contributed by atoms with Crippen molar-refractivity contribution in [3.8, 4) is 5.75 Å². The summed E-state index contributed by atoms with van der Waals surface area (Å²) in [7, 11) is -3.90. The fourth-order valence-corrected chi connectivity index (χ4v) is 6.38. The molecule has 2 amide bonds. The normalized spacial score (nSPS) is 14.8. The van der Waals surface area contributed by atoms with Crippen LogP contribution < -0.4 is 15.9 Å². The third-order valence-corrected chi connectivity index (χ3v) is 8.75. The number of benzene rings is 1. The maximum Gasteiger partial charge on any atom is 0.273 e. The van der Waals surface area contributed by atoms with Gasteiger partial charge >= 0.3 is 0 Å². The first-order valence-corrected chi connectivity index (χ1v) is 14.2. The van der Waals surface area contributed by atoms with Crippen LogP contribution in [-0.2, 0) is 16.4 Å².